The monoisotopic (exact) mass is 400 g/mol. The summed E-state index contributed by atoms with van der Waals surface area (Å²) in [6.45, 7) is 6.26. The molecule has 5 atom stereocenters. The second-order valence-electron chi connectivity index (χ2n) is 8.94. The van der Waals surface area contributed by atoms with Crippen molar-refractivity contribution < 1.29 is 24.2 Å². The Hall–Kier alpha value is -2.14. The van der Waals surface area contributed by atoms with E-state index in [1.54, 1.807) is 24.3 Å². The van der Waals surface area contributed by atoms with E-state index < -0.39 is 6.10 Å². The molecule has 5 nitrogen and oxygen atoms in total. The lowest BCUT2D eigenvalue weighted by Crippen LogP contribution is -2.29. The molecule has 2 fully saturated rings. The number of esters is 2. The van der Waals surface area contributed by atoms with E-state index in [1.807, 2.05) is 18.2 Å². The standard InChI is InChI=1S/C24H32O5/c1-4-5-13-24(2,3)21(25)12-11-17-18-14-22(26)28-20(18)15-19(17)29-23(27)16-9-7-6-8-10-16/h6-12,17-21,25H,4-5,13-15H2,1-3H3/t17-,18-,19-,20+,21-/m1/s1. The van der Waals surface area contributed by atoms with Crippen molar-refractivity contribution in [2.75, 3.05) is 0 Å². The quantitative estimate of drug-likeness (QED) is 0.520. The molecule has 1 N–H and O–H groups in total. The summed E-state index contributed by atoms with van der Waals surface area (Å²) in [4.78, 5) is 24.3. The summed E-state index contributed by atoms with van der Waals surface area (Å²) >= 11 is 0. The smallest absolute Gasteiger partial charge is 0.338 e. The van der Waals surface area contributed by atoms with Gasteiger partial charge in [0.05, 0.1) is 18.1 Å². The van der Waals surface area contributed by atoms with Gasteiger partial charge in [0.1, 0.15) is 12.2 Å². The lowest BCUT2D eigenvalue weighted by molar-refractivity contribution is -0.141. The van der Waals surface area contributed by atoms with Gasteiger partial charge < -0.3 is 14.6 Å². The molecule has 29 heavy (non-hydrogen) atoms. The molecule has 1 saturated carbocycles. The van der Waals surface area contributed by atoms with E-state index in [2.05, 4.69) is 20.8 Å². The number of hydrogen-bond donors (Lipinski definition) is 1. The maximum atomic E-state index is 12.5. The van der Waals surface area contributed by atoms with Gasteiger partial charge >= 0.3 is 11.9 Å². The molecule has 0 unspecified atom stereocenters. The Labute approximate surface area is 173 Å². The molecular weight excluding hydrogens is 368 g/mol. The van der Waals surface area contributed by atoms with Crippen molar-refractivity contribution in [1.29, 1.82) is 0 Å². The molecule has 1 aliphatic heterocycles. The Morgan fingerprint density at radius 1 is 1.34 bits per heavy atom. The maximum Gasteiger partial charge on any atom is 0.338 e. The highest BCUT2D eigenvalue weighted by Gasteiger charge is 2.50. The van der Waals surface area contributed by atoms with Gasteiger partial charge in [-0.3, -0.25) is 4.79 Å². The van der Waals surface area contributed by atoms with Crippen molar-refractivity contribution in [3.63, 3.8) is 0 Å². The number of carbonyl (C=O) groups is 2. The fourth-order valence-electron chi connectivity index (χ4n) is 4.34. The van der Waals surface area contributed by atoms with Crippen LogP contribution in [0.5, 0.6) is 0 Å². The number of ether oxygens (including phenoxy) is 2. The Morgan fingerprint density at radius 2 is 2.07 bits per heavy atom. The average molecular weight is 401 g/mol. The van der Waals surface area contributed by atoms with Gasteiger partial charge in [-0.05, 0) is 24.0 Å². The highest BCUT2D eigenvalue weighted by molar-refractivity contribution is 5.89. The third kappa shape index (κ3) is 5.08. The third-order valence-electron chi connectivity index (χ3n) is 6.31. The van der Waals surface area contributed by atoms with E-state index in [-0.39, 0.29) is 41.4 Å². The lowest BCUT2D eigenvalue weighted by atomic mass is 9.80. The van der Waals surface area contributed by atoms with E-state index >= 15 is 0 Å². The topological polar surface area (TPSA) is 72.8 Å². The van der Waals surface area contributed by atoms with Crippen LogP contribution in [0.1, 0.15) is 63.2 Å². The van der Waals surface area contributed by atoms with E-state index in [0.717, 1.165) is 19.3 Å². The van der Waals surface area contributed by atoms with Crippen molar-refractivity contribution in [3.05, 3.63) is 48.0 Å². The number of hydrogen-bond acceptors (Lipinski definition) is 5. The van der Waals surface area contributed by atoms with Gasteiger partial charge in [0.2, 0.25) is 0 Å². The van der Waals surface area contributed by atoms with Gasteiger partial charge in [0, 0.05) is 18.3 Å². The summed E-state index contributed by atoms with van der Waals surface area (Å²) in [6, 6.07) is 8.90. The Morgan fingerprint density at radius 3 is 2.76 bits per heavy atom. The second-order valence-corrected chi connectivity index (χ2v) is 8.94. The van der Waals surface area contributed by atoms with Crippen LogP contribution in [0, 0.1) is 17.3 Å². The lowest BCUT2D eigenvalue weighted by Gasteiger charge is -2.29. The van der Waals surface area contributed by atoms with Crippen LogP contribution in [0.15, 0.2) is 42.5 Å². The number of carbonyl (C=O) groups excluding carboxylic acids is 2. The molecule has 0 amide bonds. The van der Waals surface area contributed by atoms with Gasteiger partial charge in [-0.2, -0.15) is 0 Å². The van der Waals surface area contributed by atoms with Gasteiger partial charge in [-0.1, -0.05) is 64.0 Å². The van der Waals surface area contributed by atoms with Crippen LogP contribution in [0.2, 0.25) is 0 Å². The van der Waals surface area contributed by atoms with Crippen LogP contribution in [0.3, 0.4) is 0 Å². The van der Waals surface area contributed by atoms with Crippen LogP contribution in [0.4, 0.5) is 0 Å². The summed E-state index contributed by atoms with van der Waals surface area (Å²) in [5.74, 6) is -0.729. The summed E-state index contributed by atoms with van der Waals surface area (Å²) in [6.07, 6.45) is 6.46. The zero-order chi connectivity index (χ0) is 21.0. The van der Waals surface area contributed by atoms with Gasteiger partial charge in [-0.15, -0.1) is 0 Å². The Balaban J connectivity index is 1.73. The van der Waals surface area contributed by atoms with Crippen molar-refractivity contribution >= 4 is 11.9 Å². The zero-order valence-electron chi connectivity index (χ0n) is 17.5. The van der Waals surface area contributed by atoms with Crippen molar-refractivity contribution in [2.45, 2.75) is 71.2 Å². The predicted molar refractivity (Wildman–Crippen MR) is 110 cm³/mol. The molecule has 0 radical (unpaired) electrons. The number of benzene rings is 1. The summed E-state index contributed by atoms with van der Waals surface area (Å²) in [7, 11) is 0. The average Bonchev–Trinajstić information content (AvgIpc) is 3.20. The minimum atomic E-state index is -0.600. The minimum absolute atomic E-state index is 0.0155. The fraction of sp³-hybridized carbons (Fsp3) is 0.583. The third-order valence-corrected chi connectivity index (χ3v) is 6.31. The molecule has 1 aliphatic carbocycles. The molecule has 3 rings (SSSR count). The number of aliphatic hydroxyl groups excluding tert-OH is 1. The molecule has 1 saturated heterocycles. The van der Waals surface area contributed by atoms with Crippen molar-refractivity contribution in [3.8, 4) is 0 Å². The van der Waals surface area contributed by atoms with Crippen LogP contribution in [-0.4, -0.2) is 35.4 Å². The maximum absolute atomic E-state index is 12.5. The molecule has 1 heterocycles. The van der Waals surface area contributed by atoms with E-state index in [1.165, 1.54) is 0 Å². The number of fused-ring (bicyclic) bond motifs is 1. The number of unbranched alkanes of at least 4 members (excludes halogenated alkanes) is 1. The molecular formula is C24H32O5. The first kappa shape index (κ1) is 21.6. The van der Waals surface area contributed by atoms with E-state index in [4.69, 9.17) is 9.47 Å². The van der Waals surface area contributed by atoms with Crippen LogP contribution in [0.25, 0.3) is 0 Å². The first-order valence-electron chi connectivity index (χ1n) is 10.6. The van der Waals surface area contributed by atoms with Gasteiger partial charge in [0.25, 0.3) is 0 Å². The summed E-state index contributed by atoms with van der Waals surface area (Å²) in [5, 5.41) is 10.7. The van der Waals surface area contributed by atoms with E-state index in [9.17, 15) is 14.7 Å². The Bertz CT molecular complexity index is 739. The highest BCUT2D eigenvalue weighted by Crippen LogP contribution is 2.44. The van der Waals surface area contributed by atoms with Gasteiger partial charge in [-0.25, -0.2) is 4.79 Å². The minimum Gasteiger partial charge on any atom is -0.462 e. The van der Waals surface area contributed by atoms with Crippen molar-refractivity contribution in [2.24, 2.45) is 17.3 Å². The van der Waals surface area contributed by atoms with Crippen LogP contribution in [-0.2, 0) is 14.3 Å². The molecule has 5 heteroatoms. The van der Waals surface area contributed by atoms with Gasteiger partial charge in [0.15, 0.2) is 0 Å². The summed E-state index contributed by atoms with van der Waals surface area (Å²) < 4.78 is 11.2. The van der Waals surface area contributed by atoms with Crippen LogP contribution >= 0.6 is 0 Å². The number of rotatable bonds is 8. The Kier molecular flexibility index (Phi) is 6.78. The first-order chi connectivity index (χ1) is 13.8. The largest absolute Gasteiger partial charge is 0.462 e. The summed E-state index contributed by atoms with van der Waals surface area (Å²) in [5.41, 5.74) is 0.271. The number of aliphatic hydroxyl groups is 1. The highest BCUT2D eigenvalue weighted by atomic mass is 16.6. The molecule has 1 aromatic carbocycles. The SMILES string of the molecule is CCCCC(C)(C)[C@H](O)C=C[C@@H]1[C@H]2CC(=O)O[C@H]2C[C@H]1OC(=O)c1ccccc1. The molecule has 1 aromatic rings. The second kappa shape index (κ2) is 9.12. The predicted octanol–water partition coefficient (Wildman–Crippen LogP) is 4.30. The molecule has 0 bridgehead atoms. The molecule has 0 spiro atoms. The normalized spacial score (nSPS) is 27.7. The molecule has 158 valence electrons. The molecule has 0 aromatic heterocycles. The zero-order valence-corrected chi connectivity index (χ0v) is 17.5. The molecule has 2 aliphatic rings. The van der Waals surface area contributed by atoms with E-state index in [0.29, 0.717) is 18.4 Å². The fourth-order valence-corrected chi connectivity index (χ4v) is 4.34. The first-order valence-corrected chi connectivity index (χ1v) is 10.6. The van der Waals surface area contributed by atoms with Crippen molar-refractivity contribution in [1.82, 2.24) is 0 Å². The van der Waals surface area contributed by atoms with Crippen LogP contribution < -0.4 is 0 Å².